The first-order valence-electron chi connectivity index (χ1n) is 9.13. The lowest BCUT2D eigenvalue weighted by atomic mass is 9.98. The predicted molar refractivity (Wildman–Crippen MR) is 94.4 cm³/mol. The van der Waals surface area contributed by atoms with Gasteiger partial charge < -0.3 is 4.74 Å². The van der Waals surface area contributed by atoms with Gasteiger partial charge in [0.05, 0.1) is 7.11 Å². The molecule has 1 aliphatic rings. The first kappa shape index (κ1) is 18.0. The molecule has 1 aromatic rings. The number of esters is 1. The molecule has 0 aromatic heterocycles. The third-order valence-electron chi connectivity index (χ3n) is 4.94. The van der Waals surface area contributed by atoms with E-state index in [1.54, 1.807) is 0 Å². The summed E-state index contributed by atoms with van der Waals surface area (Å²) in [7, 11) is 1.51. The molecule has 0 amide bonds. The van der Waals surface area contributed by atoms with E-state index >= 15 is 0 Å². The van der Waals surface area contributed by atoms with E-state index in [1.165, 1.54) is 44.8 Å². The number of carbonyl (C=O) groups is 1. The van der Waals surface area contributed by atoms with E-state index < -0.39 is 0 Å². The molecule has 1 saturated heterocycles. The van der Waals surface area contributed by atoms with Gasteiger partial charge in [-0.2, -0.15) is 0 Å². The fourth-order valence-corrected chi connectivity index (χ4v) is 3.69. The highest BCUT2D eigenvalue weighted by molar-refractivity contribution is 5.76. The van der Waals surface area contributed by atoms with Gasteiger partial charge in [-0.15, -0.1) is 0 Å². The molecule has 3 nitrogen and oxygen atoms in total. The summed E-state index contributed by atoms with van der Waals surface area (Å²) >= 11 is 0. The molecule has 0 saturated carbocycles. The summed E-state index contributed by atoms with van der Waals surface area (Å²) in [6.45, 7) is 3.26. The number of methoxy groups -OCH3 is 1. The molecule has 0 N–H and O–H groups in total. The van der Waals surface area contributed by atoms with Gasteiger partial charge in [-0.3, -0.25) is 9.69 Å². The lowest BCUT2D eigenvalue weighted by Crippen LogP contribution is -2.44. The number of benzene rings is 1. The van der Waals surface area contributed by atoms with Crippen LogP contribution in [-0.2, 0) is 16.0 Å². The second kappa shape index (κ2) is 9.71. The Morgan fingerprint density at radius 2 is 2.04 bits per heavy atom. The lowest BCUT2D eigenvalue weighted by Gasteiger charge is -2.32. The molecule has 2 atom stereocenters. The van der Waals surface area contributed by atoms with Gasteiger partial charge in [0.2, 0.25) is 0 Å². The number of hydrogen-bond acceptors (Lipinski definition) is 3. The average molecular weight is 317 g/mol. The van der Waals surface area contributed by atoms with Crippen LogP contribution in [0.4, 0.5) is 0 Å². The predicted octanol–water partition coefficient (Wildman–Crippen LogP) is 4.21. The van der Waals surface area contributed by atoms with E-state index in [1.807, 2.05) is 0 Å². The molecule has 23 heavy (non-hydrogen) atoms. The quantitative estimate of drug-likeness (QED) is 0.505. The van der Waals surface area contributed by atoms with Crippen LogP contribution in [0.1, 0.15) is 57.4 Å². The third kappa shape index (κ3) is 5.35. The van der Waals surface area contributed by atoms with Gasteiger partial charge in [-0.05, 0) is 37.8 Å². The van der Waals surface area contributed by atoms with Gasteiger partial charge in [0.1, 0.15) is 6.04 Å². The normalized spacial score (nSPS) is 19.7. The zero-order chi connectivity index (χ0) is 16.5. The second-order valence-electron chi connectivity index (χ2n) is 6.61. The molecule has 0 aliphatic carbocycles. The summed E-state index contributed by atoms with van der Waals surface area (Å²) in [6.07, 6.45) is 9.33. The molecule has 1 fully saturated rings. The van der Waals surface area contributed by atoms with E-state index in [9.17, 15) is 4.79 Å². The lowest BCUT2D eigenvalue weighted by molar-refractivity contribution is -0.146. The Kier molecular flexibility index (Phi) is 7.60. The standard InChI is InChI=1S/C20H31NO2/c1-3-4-5-9-13-18(16-17-11-7-6-8-12-17)21-15-10-14-19(21)20(22)23-2/h6-8,11-12,18-19H,3-5,9-10,13-16H2,1-2H3/t18?,19-/m0/s1. The van der Waals surface area contributed by atoms with Crippen molar-refractivity contribution in [2.75, 3.05) is 13.7 Å². The Balaban J connectivity index is 2.03. The SMILES string of the molecule is CCCCCCC(Cc1ccccc1)N1CCC[C@H]1C(=O)OC. The van der Waals surface area contributed by atoms with Crippen molar-refractivity contribution in [3.05, 3.63) is 35.9 Å². The van der Waals surface area contributed by atoms with Crippen LogP contribution >= 0.6 is 0 Å². The molecule has 3 heteroatoms. The van der Waals surface area contributed by atoms with Crippen molar-refractivity contribution in [1.82, 2.24) is 4.90 Å². The molecule has 0 radical (unpaired) electrons. The number of hydrogen-bond donors (Lipinski definition) is 0. The van der Waals surface area contributed by atoms with Crippen molar-refractivity contribution in [2.45, 2.75) is 70.4 Å². The summed E-state index contributed by atoms with van der Waals surface area (Å²) in [5, 5.41) is 0. The number of ether oxygens (including phenoxy) is 1. The molecule has 1 aliphatic heterocycles. The Morgan fingerprint density at radius 3 is 2.74 bits per heavy atom. The van der Waals surface area contributed by atoms with Crippen molar-refractivity contribution in [3.8, 4) is 0 Å². The summed E-state index contributed by atoms with van der Waals surface area (Å²) in [5.74, 6) is -0.0610. The van der Waals surface area contributed by atoms with Crippen LogP contribution in [0.3, 0.4) is 0 Å². The van der Waals surface area contributed by atoms with Gasteiger partial charge in [0, 0.05) is 6.04 Å². The van der Waals surface area contributed by atoms with E-state index in [4.69, 9.17) is 4.74 Å². The minimum absolute atomic E-state index is 0.0418. The van der Waals surface area contributed by atoms with E-state index in [2.05, 4.69) is 42.2 Å². The van der Waals surface area contributed by atoms with Crippen molar-refractivity contribution in [1.29, 1.82) is 0 Å². The minimum atomic E-state index is -0.0610. The van der Waals surface area contributed by atoms with Gasteiger partial charge in [0.25, 0.3) is 0 Å². The van der Waals surface area contributed by atoms with Crippen LogP contribution in [-0.4, -0.2) is 36.6 Å². The molecule has 1 unspecified atom stereocenters. The number of likely N-dealkylation sites (tertiary alicyclic amines) is 1. The van der Waals surface area contributed by atoms with Crippen molar-refractivity contribution in [2.24, 2.45) is 0 Å². The smallest absolute Gasteiger partial charge is 0.323 e. The van der Waals surface area contributed by atoms with E-state index in [0.29, 0.717) is 6.04 Å². The summed E-state index contributed by atoms with van der Waals surface area (Å²) in [4.78, 5) is 14.5. The van der Waals surface area contributed by atoms with E-state index in [-0.39, 0.29) is 12.0 Å². The highest BCUT2D eigenvalue weighted by Gasteiger charge is 2.35. The topological polar surface area (TPSA) is 29.5 Å². The van der Waals surface area contributed by atoms with Crippen LogP contribution in [0.25, 0.3) is 0 Å². The third-order valence-corrected chi connectivity index (χ3v) is 4.94. The Labute approximate surface area is 141 Å². The van der Waals surface area contributed by atoms with Gasteiger partial charge in [-0.25, -0.2) is 0 Å². The van der Waals surface area contributed by atoms with Gasteiger partial charge in [0.15, 0.2) is 0 Å². The largest absolute Gasteiger partial charge is 0.468 e. The minimum Gasteiger partial charge on any atom is -0.468 e. The monoisotopic (exact) mass is 317 g/mol. The van der Waals surface area contributed by atoms with Crippen LogP contribution < -0.4 is 0 Å². The van der Waals surface area contributed by atoms with Crippen LogP contribution in [0.2, 0.25) is 0 Å². The summed E-state index contributed by atoms with van der Waals surface area (Å²) in [6, 6.07) is 11.1. The summed E-state index contributed by atoms with van der Waals surface area (Å²) in [5.41, 5.74) is 1.36. The average Bonchev–Trinajstić information content (AvgIpc) is 3.07. The van der Waals surface area contributed by atoms with Crippen LogP contribution in [0.15, 0.2) is 30.3 Å². The zero-order valence-electron chi connectivity index (χ0n) is 14.7. The highest BCUT2D eigenvalue weighted by atomic mass is 16.5. The van der Waals surface area contributed by atoms with E-state index in [0.717, 1.165) is 25.8 Å². The maximum atomic E-state index is 12.1. The number of rotatable bonds is 9. The maximum Gasteiger partial charge on any atom is 0.323 e. The second-order valence-corrected chi connectivity index (χ2v) is 6.61. The molecule has 1 aromatic carbocycles. The highest BCUT2D eigenvalue weighted by Crippen LogP contribution is 2.26. The first-order valence-corrected chi connectivity index (χ1v) is 9.13. The molecule has 2 rings (SSSR count). The molecular formula is C20H31NO2. The number of carbonyl (C=O) groups excluding carboxylic acids is 1. The van der Waals surface area contributed by atoms with Crippen molar-refractivity contribution < 1.29 is 9.53 Å². The number of unbranched alkanes of at least 4 members (excludes halogenated alkanes) is 3. The Bertz CT molecular complexity index is 460. The summed E-state index contributed by atoms with van der Waals surface area (Å²) < 4.78 is 5.03. The van der Waals surface area contributed by atoms with Crippen LogP contribution in [0, 0.1) is 0 Å². The van der Waals surface area contributed by atoms with Crippen molar-refractivity contribution in [3.63, 3.8) is 0 Å². The zero-order valence-corrected chi connectivity index (χ0v) is 14.7. The maximum absolute atomic E-state index is 12.1. The fraction of sp³-hybridized carbons (Fsp3) is 0.650. The van der Waals surface area contributed by atoms with Gasteiger partial charge >= 0.3 is 5.97 Å². The molecule has 128 valence electrons. The van der Waals surface area contributed by atoms with Crippen LogP contribution in [0.5, 0.6) is 0 Å². The molecule has 0 bridgehead atoms. The molecule has 0 spiro atoms. The first-order chi connectivity index (χ1) is 11.3. The molecule has 1 heterocycles. The van der Waals surface area contributed by atoms with Crippen molar-refractivity contribution >= 4 is 5.97 Å². The van der Waals surface area contributed by atoms with Gasteiger partial charge in [-0.1, -0.05) is 62.9 Å². The Hall–Kier alpha value is -1.35. The fourth-order valence-electron chi connectivity index (χ4n) is 3.69. The molecular weight excluding hydrogens is 286 g/mol. The Morgan fingerprint density at radius 1 is 1.26 bits per heavy atom. The number of nitrogens with zero attached hydrogens (tertiary/aromatic N) is 1.